The number of anilines is 1. The number of amides is 2. The topological polar surface area (TPSA) is 40.6 Å². The summed E-state index contributed by atoms with van der Waals surface area (Å²) in [5.74, 6) is 0.172. The van der Waals surface area contributed by atoms with Crippen LogP contribution >= 0.6 is 0 Å². The first-order chi connectivity index (χ1) is 17.5. The first kappa shape index (κ1) is 23.0. The average Bonchev–Trinajstić information content (AvgIpc) is 2.91. The van der Waals surface area contributed by atoms with Crippen LogP contribution < -0.4 is 4.90 Å². The lowest BCUT2D eigenvalue weighted by atomic mass is 9.61. The van der Waals surface area contributed by atoms with Gasteiger partial charge in [-0.15, -0.1) is 0 Å². The number of carbonyl (C=O) groups is 2. The maximum absolute atomic E-state index is 15.0. The number of benzene rings is 3. The maximum atomic E-state index is 15.0. The molecule has 4 heteroatoms. The van der Waals surface area contributed by atoms with Gasteiger partial charge in [0.15, 0.2) is 0 Å². The van der Waals surface area contributed by atoms with Crippen molar-refractivity contribution in [3.63, 3.8) is 0 Å². The second-order valence-corrected chi connectivity index (χ2v) is 10.9. The molecule has 1 spiro atoms. The summed E-state index contributed by atoms with van der Waals surface area (Å²) in [6, 6.07) is 26.3. The molecule has 0 bridgehead atoms. The van der Waals surface area contributed by atoms with Crippen LogP contribution in [0.15, 0.2) is 78.9 Å². The summed E-state index contributed by atoms with van der Waals surface area (Å²) in [7, 11) is 0. The zero-order valence-electron chi connectivity index (χ0n) is 21.2. The van der Waals surface area contributed by atoms with Gasteiger partial charge in [-0.2, -0.15) is 0 Å². The van der Waals surface area contributed by atoms with E-state index in [4.69, 9.17) is 0 Å². The van der Waals surface area contributed by atoms with Crippen molar-refractivity contribution in [3.05, 3.63) is 101 Å². The molecule has 0 aromatic heterocycles. The molecule has 0 saturated heterocycles. The van der Waals surface area contributed by atoms with Crippen LogP contribution in [0.25, 0.3) is 0 Å². The predicted molar refractivity (Wildman–Crippen MR) is 143 cm³/mol. The molecule has 2 amide bonds. The molecule has 3 aromatic carbocycles. The maximum Gasteiger partial charge on any atom is 0.254 e. The van der Waals surface area contributed by atoms with E-state index in [1.54, 1.807) is 0 Å². The molecule has 6 rings (SSSR count). The molecule has 36 heavy (non-hydrogen) atoms. The molecule has 0 radical (unpaired) electrons. The van der Waals surface area contributed by atoms with Crippen LogP contribution in [0.1, 0.15) is 79.0 Å². The Kier molecular flexibility index (Phi) is 5.70. The van der Waals surface area contributed by atoms with Crippen LogP contribution in [0.3, 0.4) is 0 Å². The molecular weight excluding hydrogens is 444 g/mol. The summed E-state index contributed by atoms with van der Waals surface area (Å²) in [6.45, 7) is 4.17. The van der Waals surface area contributed by atoms with Crippen molar-refractivity contribution < 1.29 is 9.59 Å². The number of fused-ring (bicyclic) bond motifs is 3. The minimum absolute atomic E-state index is 0.000157. The summed E-state index contributed by atoms with van der Waals surface area (Å²) in [6.07, 6.45) is 6.03. The standard InChI is InChI=1S/C32H34N2O2/c1-22(2)33-28-20-12-9-15-24(28)21-32(31(33)36)27-19-11-10-18-26(27)30(35)34(25-16-7-4-8-17-25)29(32)23-13-5-3-6-14-23/h3,5-6,9-15,18-20,22,25,29H,4,7-8,16-17,21H2,1-2H3/t29?,32-/m0/s1. The highest BCUT2D eigenvalue weighted by Crippen LogP contribution is 2.55. The Balaban J connectivity index is 1.67. The highest BCUT2D eigenvalue weighted by molar-refractivity contribution is 6.10. The number of hydrogen-bond donors (Lipinski definition) is 0. The molecule has 2 aliphatic heterocycles. The van der Waals surface area contributed by atoms with Gasteiger partial charge < -0.3 is 9.80 Å². The highest BCUT2D eigenvalue weighted by atomic mass is 16.2. The van der Waals surface area contributed by atoms with E-state index in [0.717, 1.165) is 42.5 Å². The van der Waals surface area contributed by atoms with E-state index >= 15 is 0 Å². The summed E-state index contributed by atoms with van der Waals surface area (Å²) >= 11 is 0. The number of para-hydroxylation sites is 1. The van der Waals surface area contributed by atoms with Gasteiger partial charge in [-0.25, -0.2) is 0 Å². The highest BCUT2D eigenvalue weighted by Gasteiger charge is 2.60. The Labute approximate surface area is 213 Å². The number of carbonyl (C=O) groups excluding carboxylic acids is 2. The molecule has 4 nitrogen and oxygen atoms in total. The van der Waals surface area contributed by atoms with Crippen molar-refractivity contribution in [3.8, 4) is 0 Å². The van der Waals surface area contributed by atoms with Gasteiger partial charge in [0.05, 0.1) is 6.04 Å². The van der Waals surface area contributed by atoms with Gasteiger partial charge in [0.2, 0.25) is 5.91 Å². The van der Waals surface area contributed by atoms with E-state index in [0.29, 0.717) is 12.0 Å². The molecule has 2 atom stereocenters. The van der Waals surface area contributed by atoms with Crippen LogP contribution in [-0.4, -0.2) is 28.8 Å². The molecule has 0 N–H and O–H groups in total. The van der Waals surface area contributed by atoms with Crippen molar-refractivity contribution in [2.24, 2.45) is 0 Å². The molecule has 1 saturated carbocycles. The Morgan fingerprint density at radius 3 is 2.22 bits per heavy atom. The predicted octanol–water partition coefficient (Wildman–Crippen LogP) is 6.45. The van der Waals surface area contributed by atoms with Crippen molar-refractivity contribution in [1.29, 1.82) is 0 Å². The quantitative estimate of drug-likeness (QED) is 0.434. The molecule has 3 aromatic rings. The normalized spacial score (nSPS) is 24.2. The summed E-state index contributed by atoms with van der Waals surface area (Å²) in [4.78, 5) is 33.4. The van der Waals surface area contributed by atoms with Gasteiger partial charge in [-0.3, -0.25) is 9.59 Å². The fourth-order valence-corrected chi connectivity index (χ4v) is 7.05. The molecule has 1 aliphatic carbocycles. The second kappa shape index (κ2) is 8.92. The van der Waals surface area contributed by atoms with E-state index in [1.165, 1.54) is 12.0 Å². The van der Waals surface area contributed by atoms with Crippen LogP contribution in [-0.2, 0) is 16.6 Å². The molecule has 1 unspecified atom stereocenters. The Bertz CT molecular complexity index is 1290. The monoisotopic (exact) mass is 478 g/mol. The van der Waals surface area contributed by atoms with Crippen LogP contribution in [0.5, 0.6) is 0 Å². The first-order valence-electron chi connectivity index (χ1n) is 13.4. The van der Waals surface area contributed by atoms with Crippen LogP contribution in [0.2, 0.25) is 0 Å². The van der Waals surface area contributed by atoms with Gasteiger partial charge in [0, 0.05) is 23.3 Å². The Morgan fingerprint density at radius 1 is 0.806 bits per heavy atom. The summed E-state index contributed by atoms with van der Waals surface area (Å²) in [5.41, 5.74) is 3.88. The third kappa shape index (κ3) is 3.34. The summed E-state index contributed by atoms with van der Waals surface area (Å²) < 4.78 is 0. The number of hydrogen-bond acceptors (Lipinski definition) is 2. The molecule has 2 heterocycles. The van der Waals surface area contributed by atoms with Gasteiger partial charge in [-0.1, -0.05) is 86.0 Å². The molecule has 184 valence electrons. The lowest BCUT2D eigenvalue weighted by Crippen LogP contribution is -2.64. The van der Waals surface area contributed by atoms with E-state index in [2.05, 4.69) is 49.1 Å². The number of nitrogens with zero attached hydrogens (tertiary/aromatic N) is 2. The first-order valence-corrected chi connectivity index (χ1v) is 13.4. The van der Waals surface area contributed by atoms with E-state index in [9.17, 15) is 9.59 Å². The minimum atomic E-state index is -0.887. The lowest BCUT2D eigenvalue weighted by molar-refractivity contribution is -0.128. The fourth-order valence-electron chi connectivity index (χ4n) is 7.05. The van der Waals surface area contributed by atoms with Gasteiger partial charge >= 0.3 is 0 Å². The Morgan fingerprint density at radius 2 is 1.47 bits per heavy atom. The molecule has 1 fully saturated rings. The summed E-state index contributed by atoms with van der Waals surface area (Å²) in [5, 5.41) is 0. The average molecular weight is 479 g/mol. The van der Waals surface area contributed by atoms with Gasteiger partial charge in [0.1, 0.15) is 5.41 Å². The fraction of sp³-hybridized carbons (Fsp3) is 0.375. The third-order valence-corrected chi connectivity index (χ3v) is 8.54. The largest absolute Gasteiger partial charge is 0.327 e. The molecular formula is C32H34N2O2. The van der Waals surface area contributed by atoms with Crippen molar-refractivity contribution in [1.82, 2.24) is 4.90 Å². The van der Waals surface area contributed by atoms with Crippen molar-refractivity contribution in [2.75, 3.05) is 4.90 Å². The van der Waals surface area contributed by atoms with Gasteiger partial charge in [0.25, 0.3) is 5.91 Å². The SMILES string of the molecule is CC(C)N1C(=O)[C@@]2(Cc3ccccc31)c1ccccc1C(=O)N(C1CCCCC1)C2c1ccccc1. The third-order valence-electron chi connectivity index (χ3n) is 8.54. The second-order valence-electron chi connectivity index (χ2n) is 10.9. The smallest absolute Gasteiger partial charge is 0.254 e. The van der Waals surface area contributed by atoms with Crippen LogP contribution in [0, 0.1) is 0 Å². The minimum Gasteiger partial charge on any atom is -0.327 e. The zero-order chi connectivity index (χ0) is 24.9. The Hall–Kier alpha value is -3.40. The van der Waals surface area contributed by atoms with E-state index < -0.39 is 5.41 Å². The van der Waals surface area contributed by atoms with E-state index in [1.807, 2.05) is 53.4 Å². The van der Waals surface area contributed by atoms with Crippen LogP contribution in [0.4, 0.5) is 5.69 Å². The lowest BCUT2D eigenvalue weighted by Gasteiger charge is -2.56. The van der Waals surface area contributed by atoms with Gasteiger partial charge in [-0.05, 0) is 61.9 Å². The van der Waals surface area contributed by atoms with Crippen molar-refractivity contribution in [2.45, 2.75) is 75.9 Å². The molecule has 3 aliphatic rings. The van der Waals surface area contributed by atoms with Crippen molar-refractivity contribution >= 4 is 17.5 Å². The zero-order valence-corrected chi connectivity index (χ0v) is 21.2. The van der Waals surface area contributed by atoms with E-state index in [-0.39, 0.29) is 29.9 Å². The number of rotatable bonds is 3.